The highest BCUT2D eigenvalue weighted by Crippen LogP contribution is 2.24. The van der Waals surface area contributed by atoms with Gasteiger partial charge in [-0.2, -0.15) is 0 Å². The van der Waals surface area contributed by atoms with E-state index in [0.29, 0.717) is 12.8 Å². The van der Waals surface area contributed by atoms with Gasteiger partial charge in [-0.1, -0.05) is 24.4 Å². The maximum Gasteiger partial charge on any atom is 0.308 e. The van der Waals surface area contributed by atoms with E-state index in [1.807, 2.05) is 0 Å². The van der Waals surface area contributed by atoms with Gasteiger partial charge in [0.1, 0.15) is 10.8 Å². The first-order chi connectivity index (χ1) is 9.08. The first kappa shape index (κ1) is 13.7. The van der Waals surface area contributed by atoms with Gasteiger partial charge in [0, 0.05) is 6.04 Å². The number of rotatable bonds is 3. The molecule has 0 aromatic carbocycles. The molecule has 1 aliphatic rings. The summed E-state index contributed by atoms with van der Waals surface area (Å²) in [5.74, 6) is -1.81. The van der Waals surface area contributed by atoms with Crippen LogP contribution in [-0.4, -0.2) is 33.0 Å². The molecule has 1 aromatic heterocycles. The van der Waals surface area contributed by atoms with Gasteiger partial charge < -0.3 is 10.4 Å². The Labute approximate surface area is 115 Å². The Balaban J connectivity index is 2.04. The van der Waals surface area contributed by atoms with Crippen LogP contribution in [0.2, 0.25) is 5.15 Å². The fourth-order valence-electron chi connectivity index (χ4n) is 2.27. The van der Waals surface area contributed by atoms with Crippen LogP contribution in [0.25, 0.3) is 0 Å². The summed E-state index contributed by atoms with van der Waals surface area (Å²) in [5.41, 5.74) is 0.138. The number of aliphatic carboxylic acids is 1. The van der Waals surface area contributed by atoms with Gasteiger partial charge in [0.25, 0.3) is 5.91 Å². The molecule has 0 aliphatic heterocycles. The minimum Gasteiger partial charge on any atom is -0.481 e. The largest absolute Gasteiger partial charge is 0.481 e. The number of nitrogens with zero attached hydrogens (tertiary/aromatic N) is 2. The van der Waals surface area contributed by atoms with Gasteiger partial charge in [-0.15, -0.1) is 0 Å². The van der Waals surface area contributed by atoms with Crippen LogP contribution in [-0.2, 0) is 4.79 Å². The van der Waals surface area contributed by atoms with Crippen LogP contribution < -0.4 is 5.32 Å². The summed E-state index contributed by atoms with van der Waals surface area (Å²) in [6, 6.07) is -0.351. The smallest absolute Gasteiger partial charge is 0.308 e. The molecule has 0 spiro atoms. The van der Waals surface area contributed by atoms with Gasteiger partial charge in [0.2, 0.25) is 0 Å². The quantitative estimate of drug-likeness (QED) is 0.877. The van der Waals surface area contributed by atoms with Crippen LogP contribution in [0.3, 0.4) is 0 Å². The monoisotopic (exact) mass is 283 g/mol. The van der Waals surface area contributed by atoms with Crippen molar-refractivity contribution in [3.05, 3.63) is 23.2 Å². The molecule has 1 aromatic rings. The Morgan fingerprint density at radius 3 is 2.63 bits per heavy atom. The fraction of sp³-hybridized carbons (Fsp3) is 0.500. The van der Waals surface area contributed by atoms with E-state index in [4.69, 9.17) is 16.7 Å². The van der Waals surface area contributed by atoms with Crippen LogP contribution in [0.4, 0.5) is 0 Å². The molecule has 2 N–H and O–H groups in total. The number of carboxylic acids is 1. The molecule has 0 saturated heterocycles. The van der Waals surface area contributed by atoms with Gasteiger partial charge in [0.15, 0.2) is 0 Å². The number of nitrogens with one attached hydrogen (secondary N) is 1. The molecule has 1 fully saturated rings. The Morgan fingerprint density at radius 2 is 2.00 bits per heavy atom. The Hall–Kier alpha value is -1.69. The van der Waals surface area contributed by atoms with Crippen LogP contribution in [0.1, 0.15) is 36.2 Å². The van der Waals surface area contributed by atoms with E-state index in [-0.39, 0.29) is 16.9 Å². The lowest BCUT2D eigenvalue weighted by Gasteiger charge is -2.29. The summed E-state index contributed by atoms with van der Waals surface area (Å²) in [7, 11) is 0. The zero-order valence-corrected chi connectivity index (χ0v) is 10.9. The minimum absolute atomic E-state index is 0.138. The molecule has 1 aliphatic carbocycles. The number of aromatic nitrogens is 2. The molecule has 2 atom stereocenters. The summed E-state index contributed by atoms with van der Waals surface area (Å²) < 4.78 is 0. The van der Waals surface area contributed by atoms with E-state index in [0.717, 1.165) is 12.8 Å². The number of carbonyl (C=O) groups is 2. The van der Waals surface area contributed by atoms with Crippen molar-refractivity contribution in [2.24, 2.45) is 5.92 Å². The van der Waals surface area contributed by atoms with Crippen LogP contribution in [0.15, 0.2) is 12.4 Å². The fourth-order valence-corrected chi connectivity index (χ4v) is 2.37. The highest BCUT2D eigenvalue weighted by atomic mass is 35.5. The second kappa shape index (κ2) is 5.97. The topological polar surface area (TPSA) is 92.2 Å². The summed E-state index contributed by atoms with van der Waals surface area (Å²) in [5, 5.41) is 12.1. The van der Waals surface area contributed by atoms with Crippen LogP contribution in [0.5, 0.6) is 0 Å². The Morgan fingerprint density at radius 1 is 1.26 bits per heavy atom. The van der Waals surface area contributed by atoms with E-state index >= 15 is 0 Å². The lowest BCUT2D eigenvalue weighted by Crippen LogP contribution is -2.45. The van der Waals surface area contributed by atoms with Gasteiger partial charge in [-0.05, 0) is 12.8 Å². The van der Waals surface area contributed by atoms with Crippen molar-refractivity contribution in [2.75, 3.05) is 0 Å². The molecule has 0 bridgehead atoms. The van der Waals surface area contributed by atoms with Crippen molar-refractivity contribution in [1.82, 2.24) is 15.3 Å². The number of carbonyl (C=O) groups excluding carboxylic acids is 1. The van der Waals surface area contributed by atoms with E-state index in [1.165, 1.54) is 12.4 Å². The predicted octanol–water partition coefficient (Wildman–Crippen LogP) is 1.50. The second-order valence-electron chi connectivity index (χ2n) is 4.53. The molecule has 1 saturated carbocycles. The maximum absolute atomic E-state index is 11.9. The Bertz CT molecular complexity index is 478. The van der Waals surface area contributed by atoms with Crippen LogP contribution >= 0.6 is 11.6 Å². The highest BCUT2D eigenvalue weighted by molar-refractivity contribution is 6.29. The Kier molecular flexibility index (Phi) is 4.31. The zero-order chi connectivity index (χ0) is 13.8. The minimum atomic E-state index is -0.868. The third kappa shape index (κ3) is 3.41. The van der Waals surface area contributed by atoms with Gasteiger partial charge in [-0.25, -0.2) is 9.97 Å². The summed E-state index contributed by atoms with van der Waals surface area (Å²) in [6.07, 6.45) is 5.61. The lowest BCUT2D eigenvalue weighted by molar-refractivity contribution is -0.143. The number of halogens is 1. The first-order valence-electron chi connectivity index (χ1n) is 6.09. The lowest BCUT2D eigenvalue weighted by atomic mass is 9.84. The van der Waals surface area contributed by atoms with Gasteiger partial charge >= 0.3 is 5.97 Å². The standard InChI is InChI=1S/C12H14ClN3O3/c13-10-6-14-9(5-15-10)11(17)16-8-4-2-1-3-7(8)12(18)19/h5-8H,1-4H2,(H,16,17)(H,18,19). The van der Waals surface area contributed by atoms with Crippen molar-refractivity contribution in [3.63, 3.8) is 0 Å². The number of hydrogen-bond donors (Lipinski definition) is 2. The summed E-state index contributed by atoms with van der Waals surface area (Å²) in [6.45, 7) is 0. The molecule has 2 rings (SSSR count). The average molecular weight is 284 g/mol. The van der Waals surface area contributed by atoms with Crippen molar-refractivity contribution in [3.8, 4) is 0 Å². The first-order valence-corrected chi connectivity index (χ1v) is 6.47. The number of hydrogen-bond acceptors (Lipinski definition) is 4. The van der Waals surface area contributed by atoms with Crippen molar-refractivity contribution in [2.45, 2.75) is 31.7 Å². The molecule has 6 nitrogen and oxygen atoms in total. The zero-order valence-electron chi connectivity index (χ0n) is 10.2. The second-order valence-corrected chi connectivity index (χ2v) is 4.92. The molecule has 2 unspecified atom stereocenters. The van der Waals surface area contributed by atoms with Crippen molar-refractivity contribution in [1.29, 1.82) is 0 Å². The van der Waals surface area contributed by atoms with E-state index in [2.05, 4.69) is 15.3 Å². The van der Waals surface area contributed by atoms with E-state index < -0.39 is 17.8 Å². The molecule has 0 radical (unpaired) electrons. The summed E-state index contributed by atoms with van der Waals surface area (Å²) in [4.78, 5) is 30.7. The van der Waals surface area contributed by atoms with Crippen molar-refractivity contribution < 1.29 is 14.7 Å². The molecule has 19 heavy (non-hydrogen) atoms. The molecular formula is C12H14ClN3O3. The van der Waals surface area contributed by atoms with E-state index in [9.17, 15) is 9.59 Å². The molecule has 7 heteroatoms. The number of carboxylic acid groups (broad SMARTS) is 1. The molecule has 1 amide bonds. The third-order valence-electron chi connectivity index (χ3n) is 3.25. The van der Waals surface area contributed by atoms with Crippen LogP contribution in [0, 0.1) is 5.92 Å². The molecular weight excluding hydrogens is 270 g/mol. The van der Waals surface area contributed by atoms with Gasteiger partial charge in [-0.3, -0.25) is 9.59 Å². The number of amides is 1. The highest BCUT2D eigenvalue weighted by Gasteiger charge is 2.32. The van der Waals surface area contributed by atoms with Gasteiger partial charge in [0.05, 0.1) is 18.3 Å². The predicted molar refractivity (Wildman–Crippen MR) is 67.9 cm³/mol. The SMILES string of the molecule is O=C(NC1CCCCC1C(=O)O)c1cnc(Cl)cn1. The molecule has 102 valence electrons. The van der Waals surface area contributed by atoms with Crippen molar-refractivity contribution >= 4 is 23.5 Å². The van der Waals surface area contributed by atoms with E-state index in [1.54, 1.807) is 0 Å². The third-order valence-corrected chi connectivity index (χ3v) is 3.45. The summed E-state index contributed by atoms with van der Waals surface area (Å²) >= 11 is 5.59. The maximum atomic E-state index is 11.9. The molecule has 1 heterocycles. The normalized spacial score (nSPS) is 22.8. The average Bonchev–Trinajstić information content (AvgIpc) is 2.39.